The molecule has 0 radical (unpaired) electrons. The molecular formula is C11H18FN. The van der Waals surface area contributed by atoms with Gasteiger partial charge in [0.05, 0.1) is 5.69 Å². The van der Waals surface area contributed by atoms with E-state index in [1.807, 2.05) is 6.92 Å². The molecule has 1 rings (SSSR count). The van der Waals surface area contributed by atoms with Gasteiger partial charge in [-0.05, 0) is 30.5 Å². The van der Waals surface area contributed by atoms with Gasteiger partial charge >= 0.3 is 0 Å². The lowest BCUT2D eigenvalue weighted by Crippen LogP contribution is -1.89. The van der Waals surface area contributed by atoms with Gasteiger partial charge in [-0.2, -0.15) is 0 Å². The molecule has 0 unspecified atom stereocenters. The van der Waals surface area contributed by atoms with Crippen molar-refractivity contribution >= 4 is 5.69 Å². The maximum atomic E-state index is 12.4. The van der Waals surface area contributed by atoms with Crippen LogP contribution in [0.5, 0.6) is 0 Å². The standard InChI is InChI=1S/C7H8FN.C4H10/c1-5-2-3-6(8)7(9)4-5;1-4(2)3/h2-4H,9H2,1H3;4H,1-3H3. The average Bonchev–Trinajstić information content (AvgIpc) is 1.96. The van der Waals surface area contributed by atoms with Gasteiger partial charge in [0.15, 0.2) is 0 Å². The maximum absolute atomic E-state index is 12.4. The van der Waals surface area contributed by atoms with Gasteiger partial charge in [0.25, 0.3) is 0 Å². The van der Waals surface area contributed by atoms with Crippen LogP contribution in [0.25, 0.3) is 0 Å². The molecule has 1 aromatic carbocycles. The van der Waals surface area contributed by atoms with Crippen LogP contribution < -0.4 is 5.73 Å². The third-order valence-corrected chi connectivity index (χ3v) is 1.15. The molecule has 1 aromatic rings. The first-order valence-electron chi connectivity index (χ1n) is 4.45. The van der Waals surface area contributed by atoms with Crippen molar-refractivity contribution in [3.63, 3.8) is 0 Å². The Morgan fingerprint density at radius 3 is 2.00 bits per heavy atom. The summed E-state index contributed by atoms with van der Waals surface area (Å²) in [7, 11) is 0. The molecule has 0 aliphatic rings. The molecule has 0 aliphatic carbocycles. The highest BCUT2D eigenvalue weighted by atomic mass is 19.1. The third-order valence-electron chi connectivity index (χ3n) is 1.15. The summed E-state index contributed by atoms with van der Waals surface area (Å²) in [6.07, 6.45) is 0. The van der Waals surface area contributed by atoms with Crippen molar-refractivity contribution in [3.05, 3.63) is 29.6 Å². The van der Waals surface area contributed by atoms with Gasteiger partial charge in [-0.25, -0.2) is 4.39 Å². The minimum Gasteiger partial charge on any atom is -0.396 e. The van der Waals surface area contributed by atoms with Gasteiger partial charge in [-0.3, -0.25) is 0 Å². The molecule has 0 amide bonds. The Bertz CT molecular complexity index is 254. The topological polar surface area (TPSA) is 26.0 Å². The number of hydrogen-bond donors (Lipinski definition) is 1. The largest absolute Gasteiger partial charge is 0.396 e. The maximum Gasteiger partial charge on any atom is 0.146 e. The molecule has 0 spiro atoms. The molecule has 2 N–H and O–H groups in total. The van der Waals surface area contributed by atoms with E-state index in [9.17, 15) is 4.39 Å². The number of benzene rings is 1. The highest BCUT2D eigenvalue weighted by molar-refractivity contribution is 5.41. The van der Waals surface area contributed by atoms with Crippen LogP contribution in [0.2, 0.25) is 0 Å². The van der Waals surface area contributed by atoms with Crippen LogP contribution in [0, 0.1) is 18.7 Å². The number of nitrogen functional groups attached to an aromatic ring is 1. The molecule has 0 aromatic heterocycles. The quantitative estimate of drug-likeness (QED) is 0.613. The first-order chi connectivity index (χ1) is 5.93. The second-order valence-corrected chi connectivity index (χ2v) is 3.76. The summed E-state index contributed by atoms with van der Waals surface area (Å²) in [6, 6.07) is 4.66. The Morgan fingerprint density at radius 2 is 1.69 bits per heavy atom. The molecule has 74 valence electrons. The highest BCUT2D eigenvalue weighted by Gasteiger charge is 1.93. The Morgan fingerprint density at radius 1 is 1.23 bits per heavy atom. The Hall–Kier alpha value is -1.05. The van der Waals surface area contributed by atoms with E-state index >= 15 is 0 Å². The zero-order chi connectivity index (χ0) is 10.4. The number of hydrogen-bond acceptors (Lipinski definition) is 1. The van der Waals surface area contributed by atoms with E-state index in [-0.39, 0.29) is 11.5 Å². The summed E-state index contributed by atoms with van der Waals surface area (Å²) in [5, 5.41) is 0. The van der Waals surface area contributed by atoms with E-state index in [4.69, 9.17) is 5.73 Å². The Kier molecular flexibility index (Phi) is 5.12. The first kappa shape index (κ1) is 11.9. The lowest BCUT2D eigenvalue weighted by molar-refractivity contribution is 0.632. The molecule has 2 heteroatoms. The smallest absolute Gasteiger partial charge is 0.146 e. The molecular weight excluding hydrogens is 165 g/mol. The predicted octanol–water partition coefficient (Wildman–Crippen LogP) is 3.38. The SMILES string of the molecule is CC(C)C.Cc1ccc(F)c(N)c1. The minimum absolute atomic E-state index is 0.218. The van der Waals surface area contributed by atoms with Gasteiger partial charge in [-0.15, -0.1) is 0 Å². The van der Waals surface area contributed by atoms with Crippen LogP contribution in [0.15, 0.2) is 18.2 Å². The minimum atomic E-state index is -0.347. The van der Waals surface area contributed by atoms with Crippen LogP contribution in [-0.4, -0.2) is 0 Å². The number of anilines is 1. The molecule has 0 saturated heterocycles. The number of nitrogens with two attached hydrogens (primary N) is 1. The lowest BCUT2D eigenvalue weighted by Gasteiger charge is -1.95. The van der Waals surface area contributed by atoms with E-state index in [1.54, 1.807) is 12.1 Å². The van der Waals surface area contributed by atoms with E-state index in [0.717, 1.165) is 11.5 Å². The zero-order valence-electron chi connectivity index (χ0n) is 8.76. The molecule has 0 saturated carbocycles. The molecule has 0 heterocycles. The molecule has 0 bridgehead atoms. The van der Waals surface area contributed by atoms with Crippen molar-refractivity contribution in [3.8, 4) is 0 Å². The summed E-state index contributed by atoms with van der Waals surface area (Å²) in [6.45, 7) is 8.37. The van der Waals surface area contributed by atoms with Gasteiger partial charge in [0.2, 0.25) is 0 Å². The molecule has 13 heavy (non-hydrogen) atoms. The number of rotatable bonds is 0. The summed E-state index contributed by atoms with van der Waals surface area (Å²) in [5.74, 6) is 0.487. The van der Waals surface area contributed by atoms with E-state index in [0.29, 0.717) is 0 Å². The van der Waals surface area contributed by atoms with Crippen molar-refractivity contribution in [1.29, 1.82) is 0 Å². The van der Waals surface area contributed by atoms with Gasteiger partial charge in [0.1, 0.15) is 5.82 Å². The third kappa shape index (κ3) is 6.14. The molecule has 0 aliphatic heterocycles. The predicted molar refractivity (Wildman–Crippen MR) is 56.1 cm³/mol. The van der Waals surface area contributed by atoms with E-state index < -0.39 is 0 Å². The van der Waals surface area contributed by atoms with Crippen molar-refractivity contribution < 1.29 is 4.39 Å². The first-order valence-corrected chi connectivity index (χ1v) is 4.45. The van der Waals surface area contributed by atoms with Crippen LogP contribution in [0.3, 0.4) is 0 Å². The molecule has 1 nitrogen and oxygen atoms in total. The fourth-order valence-corrected chi connectivity index (χ4v) is 0.663. The second-order valence-electron chi connectivity index (χ2n) is 3.76. The van der Waals surface area contributed by atoms with Crippen LogP contribution in [0.1, 0.15) is 26.3 Å². The molecule has 0 atom stereocenters. The normalized spacial score (nSPS) is 9.38. The summed E-state index contributed by atoms with van der Waals surface area (Å²) >= 11 is 0. The van der Waals surface area contributed by atoms with Gasteiger partial charge < -0.3 is 5.73 Å². The van der Waals surface area contributed by atoms with Crippen LogP contribution in [0.4, 0.5) is 10.1 Å². The average molecular weight is 183 g/mol. The van der Waals surface area contributed by atoms with Crippen molar-refractivity contribution in [2.24, 2.45) is 5.92 Å². The van der Waals surface area contributed by atoms with Gasteiger partial charge in [-0.1, -0.05) is 26.8 Å². The number of halogens is 1. The van der Waals surface area contributed by atoms with Crippen LogP contribution in [-0.2, 0) is 0 Å². The molecule has 0 fully saturated rings. The summed E-state index contributed by atoms with van der Waals surface area (Å²) < 4.78 is 12.4. The zero-order valence-corrected chi connectivity index (χ0v) is 8.76. The monoisotopic (exact) mass is 183 g/mol. The lowest BCUT2D eigenvalue weighted by atomic mass is 10.2. The Labute approximate surface area is 79.8 Å². The van der Waals surface area contributed by atoms with Crippen molar-refractivity contribution in [2.75, 3.05) is 5.73 Å². The second kappa shape index (κ2) is 5.57. The van der Waals surface area contributed by atoms with E-state index in [2.05, 4.69) is 20.8 Å². The van der Waals surface area contributed by atoms with E-state index in [1.165, 1.54) is 6.07 Å². The van der Waals surface area contributed by atoms with Crippen molar-refractivity contribution in [1.82, 2.24) is 0 Å². The van der Waals surface area contributed by atoms with Crippen molar-refractivity contribution in [2.45, 2.75) is 27.7 Å². The fourth-order valence-electron chi connectivity index (χ4n) is 0.663. The summed E-state index contributed by atoms with van der Waals surface area (Å²) in [4.78, 5) is 0. The Balaban J connectivity index is 0.000000310. The fraction of sp³-hybridized carbons (Fsp3) is 0.455. The van der Waals surface area contributed by atoms with Gasteiger partial charge in [0, 0.05) is 0 Å². The number of aryl methyl sites for hydroxylation is 1. The summed E-state index contributed by atoms with van der Waals surface area (Å²) in [5.41, 5.74) is 6.44. The highest BCUT2D eigenvalue weighted by Crippen LogP contribution is 2.10. The van der Waals surface area contributed by atoms with Crippen LogP contribution >= 0.6 is 0 Å².